The molecule has 1 N–H and O–H groups in total. The van der Waals surface area contributed by atoms with Gasteiger partial charge in [0, 0.05) is 23.4 Å². The molecule has 0 spiro atoms. The Morgan fingerprint density at radius 3 is 3.24 bits per heavy atom. The molecule has 0 amide bonds. The lowest BCUT2D eigenvalue weighted by molar-refractivity contribution is 0.311. The van der Waals surface area contributed by atoms with Crippen molar-refractivity contribution in [3.8, 4) is 0 Å². The highest BCUT2D eigenvalue weighted by molar-refractivity contribution is 8.13. The Hall–Kier alpha value is -0.550. The Morgan fingerprint density at radius 1 is 1.41 bits per heavy atom. The molecule has 2 atom stereocenters. The van der Waals surface area contributed by atoms with Gasteiger partial charge in [0.05, 0.1) is 6.54 Å². The van der Waals surface area contributed by atoms with Crippen LogP contribution in [0, 0.1) is 5.92 Å². The highest BCUT2D eigenvalue weighted by Gasteiger charge is 2.30. The van der Waals surface area contributed by atoms with E-state index in [1.165, 1.54) is 31.4 Å². The summed E-state index contributed by atoms with van der Waals surface area (Å²) >= 11 is 3.57. The topological polar surface area (TPSA) is 37.3 Å². The van der Waals surface area contributed by atoms with Crippen LogP contribution in [0.1, 0.15) is 30.7 Å². The number of hydrogen-bond acceptors (Lipinski definition) is 4. The number of fused-ring (bicyclic) bond motifs is 1. The first kappa shape index (κ1) is 11.5. The summed E-state index contributed by atoms with van der Waals surface area (Å²) in [5, 5.41) is 7.85. The van der Waals surface area contributed by atoms with Gasteiger partial charge in [-0.1, -0.05) is 24.6 Å². The molecule has 2 aliphatic rings. The summed E-state index contributed by atoms with van der Waals surface area (Å²) in [6, 6.07) is 0.681. The zero-order valence-corrected chi connectivity index (χ0v) is 11.4. The van der Waals surface area contributed by atoms with Crippen molar-refractivity contribution in [3.63, 3.8) is 0 Å². The molecule has 1 aliphatic carbocycles. The van der Waals surface area contributed by atoms with Crippen molar-refractivity contribution in [1.82, 2.24) is 10.3 Å². The third-order valence-corrected chi connectivity index (χ3v) is 5.37. The van der Waals surface area contributed by atoms with Crippen molar-refractivity contribution in [2.45, 2.75) is 38.3 Å². The first-order valence-electron chi connectivity index (χ1n) is 6.24. The lowest BCUT2D eigenvalue weighted by atomic mass is 9.86. The van der Waals surface area contributed by atoms with Gasteiger partial charge < -0.3 is 5.32 Å². The highest BCUT2D eigenvalue weighted by Crippen LogP contribution is 2.31. The van der Waals surface area contributed by atoms with Crippen LogP contribution in [0.15, 0.2) is 16.6 Å². The average molecular weight is 267 g/mol. The van der Waals surface area contributed by atoms with Gasteiger partial charge in [-0.15, -0.1) is 11.3 Å². The fourth-order valence-electron chi connectivity index (χ4n) is 2.55. The number of aromatic nitrogens is 1. The molecule has 1 aliphatic heterocycles. The molecule has 1 aromatic heterocycles. The minimum absolute atomic E-state index is 0.681. The van der Waals surface area contributed by atoms with Crippen molar-refractivity contribution >= 4 is 28.3 Å². The minimum atomic E-state index is 0.681. The van der Waals surface area contributed by atoms with Gasteiger partial charge in [-0.3, -0.25) is 4.99 Å². The Balaban J connectivity index is 1.59. The lowest BCUT2D eigenvalue weighted by Crippen LogP contribution is -2.46. The van der Waals surface area contributed by atoms with E-state index in [1.807, 2.05) is 23.3 Å². The standard InChI is InChI=1S/C12H17N3S2/c1-2-4-10-9(3-1)8-17-12(15-10)14-7-11-13-5-6-16-11/h5-6,9-10H,1-4,7-8H2,(H,14,15). The summed E-state index contributed by atoms with van der Waals surface area (Å²) in [5.41, 5.74) is 0. The first-order valence-corrected chi connectivity index (χ1v) is 8.10. The van der Waals surface area contributed by atoms with Crippen molar-refractivity contribution in [1.29, 1.82) is 0 Å². The van der Waals surface area contributed by atoms with E-state index in [-0.39, 0.29) is 0 Å². The molecular weight excluding hydrogens is 250 g/mol. The number of aliphatic imine (C=N–C) groups is 1. The maximum absolute atomic E-state index is 4.63. The maximum Gasteiger partial charge on any atom is 0.157 e. The third-order valence-electron chi connectivity index (χ3n) is 3.49. The molecule has 2 heterocycles. The van der Waals surface area contributed by atoms with Crippen LogP contribution in [0.5, 0.6) is 0 Å². The molecule has 17 heavy (non-hydrogen) atoms. The van der Waals surface area contributed by atoms with Gasteiger partial charge in [0.15, 0.2) is 5.17 Å². The summed E-state index contributed by atoms with van der Waals surface area (Å²) in [4.78, 5) is 8.89. The van der Waals surface area contributed by atoms with E-state index in [1.54, 1.807) is 11.3 Å². The summed E-state index contributed by atoms with van der Waals surface area (Å²) in [6.07, 6.45) is 7.35. The Bertz CT molecular complexity index is 388. The van der Waals surface area contributed by atoms with E-state index in [0.29, 0.717) is 6.04 Å². The van der Waals surface area contributed by atoms with Gasteiger partial charge in [0.25, 0.3) is 0 Å². The van der Waals surface area contributed by atoms with Gasteiger partial charge in [-0.2, -0.15) is 0 Å². The Morgan fingerprint density at radius 2 is 2.35 bits per heavy atom. The van der Waals surface area contributed by atoms with E-state index in [4.69, 9.17) is 0 Å². The summed E-state index contributed by atoms with van der Waals surface area (Å²) in [7, 11) is 0. The SMILES string of the molecule is c1csc(CN=C2NC3CCCCC3CS2)n1. The van der Waals surface area contributed by atoms with Crippen LogP contribution < -0.4 is 5.32 Å². The average Bonchev–Trinajstić information content (AvgIpc) is 2.89. The monoisotopic (exact) mass is 267 g/mol. The lowest BCUT2D eigenvalue weighted by Gasteiger charge is -2.36. The number of rotatable bonds is 2. The van der Waals surface area contributed by atoms with Crippen LogP contribution in [0.4, 0.5) is 0 Å². The van der Waals surface area contributed by atoms with Crippen molar-refractivity contribution < 1.29 is 0 Å². The molecule has 0 bridgehead atoms. The number of nitrogens with one attached hydrogen (secondary N) is 1. The van der Waals surface area contributed by atoms with Gasteiger partial charge in [-0.25, -0.2) is 4.98 Å². The minimum Gasteiger partial charge on any atom is -0.362 e. The van der Waals surface area contributed by atoms with Crippen LogP contribution in [0.25, 0.3) is 0 Å². The van der Waals surface area contributed by atoms with Crippen LogP contribution in [0.3, 0.4) is 0 Å². The second-order valence-electron chi connectivity index (χ2n) is 4.65. The van der Waals surface area contributed by atoms with Crippen molar-refractivity contribution in [2.24, 2.45) is 10.9 Å². The van der Waals surface area contributed by atoms with Crippen LogP contribution in [0.2, 0.25) is 0 Å². The van der Waals surface area contributed by atoms with Gasteiger partial charge in [0.2, 0.25) is 0 Å². The molecular formula is C12H17N3S2. The summed E-state index contributed by atoms with van der Waals surface area (Å²) in [6.45, 7) is 0.727. The van der Waals surface area contributed by atoms with E-state index in [2.05, 4.69) is 15.3 Å². The first-order chi connectivity index (χ1) is 8.42. The second-order valence-corrected chi connectivity index (χ2v) is 6.64. The Kier molecular flexibility index (Phi) is 3.66. The second kappa shape index (κ2) is 5.40. The molecule has 3 nitrogen and oxygen atoms in total. The Labute approximate surface area is 110 Å². The molecule has 1 saturated heterocycles. The molecule has 1 saturated carbocycles. The van der Waals surface area contributed by atoms with Crippen molar-refractivity contribution in [2.75, 3.05) is 5.75 Å². The van der Waals surface area contributed by atoms with Crippen LogP contribution in [-0.2, 0) is 6.54 Å². The third kappa shape index (κ3) is 2.83. The van der Waals surface area contributed by atoms with Gasteiger partial charge >= 0.3 is 0 Å². The molecule has 92 valence electrons. The maximum atomic E-state index is 4.63. The van der Waals surface area contributed by atoms with Crippen LogP contribution in [-0.4, -0.2) is 21.9 Å². The number of thioether (sulfide) groups is 1. The number of thiazole rings is 1. The predicted molar refractivity (Wildman–Crippen MR) is 74.6 cm³/mol. The van der Waals surface area contributed by atoms with E-state index in [0.717, 1.165) is 22.6 Å². The van der Waals surface area contributed by atoms with Gasteiger partial charge in [-0.05, 0) is 18.8 Å². The van der Waals surface area contributed by atoms with E-state index < -0.39 is 0 Å². The quantitative estimate of drug-likeness (QED) is 0.895. The fourth-order valence-corrected chi connectivity index (χ4v) is 4.25. The van der Waals surface area contributed by atoms with E-state index >= 15 is 0 Å². The number of nitrogens with zero attached hydrogens (tertiary/aromatic N) is 2. The van der Waals surface area contributed by atoms with Crippen LogP contribution >= 0.6 is 23.1 Å². The molecule has 0 aromatic carbocycles. The largest absolute Gasteiger partial charge is 0.362 e. The molecule has 5 heteroatoms. The van der Waals surface area contributed by atoms with Crippen molar-refractivity contribution in [3.05, 3.63) is 16.6 Å². The normalized spacial score (nSPS) is 30.9. The zero-order valence-electron chi connectivity index (χ0n) is 9.76. The molecule has 0 radical (unpaired) electrons. The molecule has 2 unspecified atom stereocenters. The summed E-state index contributed by atoms with van der Waals surface area (Å²) in [5.74, 6) is 2.11. The zero-order chi connectivity index (χ0) is 11.5. The molecule has 3 rings (SSSR count). The number of hydrogen-bond donors (Lipinski definition) is 1. The predicted octanol–water partition coefficient (Wildman–Crippen LogP) is 2.89. The molecule has 2 fully saturated rings. The number of amidine groups is 1. The fraction of sp³-hybridized carbons (Fsp3) is 0.667. The highest BCUT2D eigenvalue weighted by atomic mass is 32.2. The summed E-state index contributed by atoms with van der Waals surface area (Å²) < 4.78 is 0. The van der Waals surface area contributed by atoms with Gasteiger partial charge in [0.1, 0.15) is 5.01 Å². The smallest absolute Gasteiger partial charge is 0.157 e. The van der Waals surface area contributed by atoms with E-state index in [9.17, 15) is 0 Å². The molecule has 1 aromatic rings.